The lowest BCUT2D eigenvalue weighted by atomic mass is 10.0. The van der Waals surface area contributed by atoms with Crippen molar-refractivity contribution in [3.63, 3.8) is 0 Å². The summed E-state index contributed by atoms with van der Waals surface area (Å²) in [6.07, 6.45) is 1.15. The van der Waals surface area contributed by atoms with Gasteiger partial charge in [0.1, 0.15) is 0 Å². The van der Waals surface area contributed by atoms with Gasteiger partial charge in [-0.15, -0.1) is 0 Å². The van der Waals surface area contributed by atoms with Crippen LogP contribution in [0.1, 0.15) is 20.3 Å². The van der Waals surface area contributed by atoms with E-state index in [9.17, 15) is 0 Å². The standard InChI is InChI=1S/C13H16Cl2N2S/c1-8(2)12-5-6-18-13(17-12)16-9-3-4-10(14)11(15)7-9/h3-4,7-8,12H,5-6H2,1-2H3,(H,16,17). The van der Waals surface area contributed by atoms with Crippen LogP contribution in [-0.4, -0.2) is 17.0 Å². The van der Waals surface area contributed by atoms with E-state index in [1.807, 2.05) is 12.1 Å². The van der Waals surface area contributed by atoms with Gasteiger partial charge in [-0.1, -0.05) is 48.8 Å². The van der Waals surface area contributed by atoms with Gasteiger partial charge in [-0.2, -0.15) is 0 Å². The number of rotatable bonds is 2. The molecule has 1 unspecified atom stereocenters. The van der Waals surface area contributed by atoms with E-state index in [0.717, 1.165) is 23.0 Å². The predicted molar refractivity (Wildman–Crippen MR) is 83.2 cm³/mol. The molecule has 1 atom stereocenters. The zero-order valence-corrected chi connectivity index (χ0v) is 12.7. The van der Waals surface area contributed by atoms with Gasteiger partial charge >= 0.3 is 0 Å². The molecule has 1 aliphatic heterocycles. The van der Waals surface area contributed by atoms with Crippen LogP contribution in [0.15, 0.2) is 23.2 Å². The maximum atomic E-state index is 5.99. The molecule has 1 aliphatic rings. The molecule has 1 heterocycles. The summed E-state index contributed by atoms with van der Waals surface area (Å²) >= 11 is 13.6. The number of aliphatic imine (C=N–C) groups is 1. The molecule has 5 heteroatoms. The average molecular weight is 303 g/mol. The van der Waals surface area contributed by atoms with Gasteiger partial charge in [0.15, 0.2) is 5.17 Å². The number of nitrogens with zero attached hydrogens (tertiary/aromatic N) is 1. The number of hydrogen-bond acceptors (Lipinski definition) is 3. The van der Waals surface area contributed by atoms with Crippen molar-refractivity contribution >= 4 is 45.8 Å². The minimum absolute atomic E-state index is 0.413. The summed E-state index contributed by atoms with van der Waals surface area (Å²) in [6.45, 7) is 4.42. The second-order valence-corrected chi connectivity index (χ2v) is 6.53. The second-order valence-electron chi connectivity index (χ2n) is 4.64. The molecule has 2 nitrogen and oxygen atoms in total. The second kappa shape index (κ2) is 6.18. The van der Waals surface area contributed by atoms with Crippen LogP contribution in [0.2, 0.25) is 10.0 Å². The molecule has 0 spiro atoms. The maximum absolute atomic E-state index is 5.99. The van der Waals surface area contributed by atoms with Crippen LogP contribution < -0.4 is 5.32 Å². The summed E-state index contributed by atoms with van der Waals surface area (Å²) < 4.78 is 0. The largest absolute Gasteiger partial charge is 0.335 e. The van der Waals surface area contributed by atoms with E-state index >= 15 is 0 Å². The molecule has 0 aromatic heterocycles. The molecule has 98 valence electrons. The number of thioether (sulfide) groups is 1. The van der Waals surface area contributed by atoms with Crippen LogP contribution in [0.5, 0.6) is 0 Å². The van der Waals surface area contributed by atoms with Gasteiger partial charge < -0.3 is 5.32 Å². The van der Waals surface area contributed by atoms with Crippen molar-refractivity contribution in [3.8, 4) is 0 Å². The summed E-state index contributed by atoms with van der Waals surface area (Å²) in [5.41, 5.74) is 0.931. The summed E-state index contributed by atoms with van der Waals surface area (Å²) in [4.78, 5) is 4.72. The summed E-state index contributed by atoms with van der Waals surface area (Å²) in [7, 11) is 0. The summed E-state index contributed by atoms with van der Waals surface area (Å²) in [5, 5.41) is 5.40. The van der Waals surface area contributed by atoms with Gasteiger partial charge in [0.2, 0.25) is 0 Å². The Morgan fingerprint density at radius 3 is 2.78 bits per heavy atom. The third-order valence-electron chi connectivity index (χ3n) is 2.88. The maximum Gasteiger partial charge on any atom is 0.161 e. The van der Waals surface area contributed by atoms with Crippen molar-refractivity contribution in [1.29, 1.82) is 0 Å². The molecule has 0 aliphatic carbocycles. The van der Waals surface area contributed by atoms with E-state index in [4.69, 9.17) is 28.2 Å². The van der Waals surface area contributed by atoms with Crippen molar-refractivity contribution in [2.75, 3.05) is 11.1 Å². The average Bonchev–Trinajstić information content (AvgIpc) is 2.34. The molecule has 0 radical (unpaired) electrons. The number of hydrogen-bond donors (Lipinski definition) is 1. The van der Waals surface area contributed by atoms with Gasteiger partial charge in [-0.3, -0.25) is 4.99 Å². The first-order chi connectivity index (χ1) is 8.56. The molecular weight excluding hydrogens is 287 g/mol. The Balaban J connectivity index is 2.10. The molecule has 18 heavy (non-hydrogen) atoms. The normalized spacial score (nSPS) is 19.8. The molecule has 1 aromatic carbocycles. The Morgan fingerprint density at radius 1 is 1.33 bits per heavy atom. The van der Waals surface area contributed by atoms with Gasteiger partial charge in [-0.25, -0.2) is 0 Å². The van der Waals surface area contributed by atoms with Crippen LogP contribution >= 0.6 is 35.0 Å². The fourth-order valence-electron chi connectivity index (χ4n) is 1.78. The first-order valence-corrected chi connectivity index (χ1v) is 7.73. The van der Waals surface area contributed by atoms with Crippen LogP contribution in [0.4, 0.5) is 5.69 Å². The number of amidine groups is 1. The SMILES string of the molecule is CC(C)C1CCSC(Nc2ccc(Cl)c(Cl)c2)=N1. The van der Waals surface area contributed by atoms with Crippen LogP contribution in [0.25, 0.3) is 0 Å². The Hall–Kier alpha value is -0.380. The highest BCUT2D eigenvalue weighted by atomic mass is 35.5. The Bertz CT molecular complexity index is 460. The lowest BCUT2D eigenvalue weighted by Crippen LogP contribution is -2.23. The van der Waals surface area contributed by atoms with Crippen LogP contribution in [0.3, 0.4) is 0 Å². The lowest BCUT2D eigenvalue weighted by molar-refractivity contribution is 0.485. The highest BCUT2D eigenvalue weighted by Gasteiger charge is 2.18. The quantitative estimate of drug-likeness (QED) is 0.838. The van der Waals surface area contributed by atoms with Gasteiger partial charge in [0, 0.05) is 11.4 Å². The number of benzene rings is 1. The Morgan fingerprint density at radius 2 is 2.11 bits per heavy atom. The molecule has 0 fully saturated rings. The topological polar surface area (TPSA) is 24.4 Å². The zero-order valence-electron chi connectivity index (χ0n) is 10.4. The first kappa shape index (κ1) is 14.0. The van der Waals surface area contributed by atoms with E-state index in [1.165, 1.54) is 0 Å². The zero-order chi connectivity index (χ0) is 13.1. The van der Waals surface area contributed by atoms with Crippen molar-refractivity contribution in [1.82, 2.24) is 0 Å². The van der Waals surface area contributed by atoms with E-state index in [1.54, 1.807) is 17.8 Å². The molecular formula is C13H16Cl2N2S. The molecule has 0 amide bonds. The Kier molecular flexibility index (Phi) is 4.82. The Labute approximate surface area is 122 Å². The highest BCUT2D eigenvalue weighted by molar-refractivity contribution is 8.14. The smallest absolute Gasteiger partial charge is 0.161 e. The van der Waals surface area contributed by atoms with E-state index in [0.29, 0.717) is 22.0 Å². The van der Waals surface area contributed by atoms with Crippen molar-refractivity contribution in [3.05, 3.63) is 28.2 Å². The highest BCUT2D eigenvalue weighted by Crippen LogP contribution is 2.27. The number of halogens is 2. The van der Waals surface area contributed by atoms with E-state index in [-0.39, 0.29) is 0 Å². The fourth-order valence-corrected chi connectivity index (χ4v) is 3.03. The number of anilines is 1. The summed E-state index contributed by atoms with van der Waals surface area (Å²) in [6, 6.07) is 5.94. The summed E-state index contributed by atoms with van der Waals surface area (Å²) in [5.74, 6) is 1.69. The van der Waals surface area contributed by atoms with Crippen LogP contribution in [0, 0.1) is 5.92 Å². The molecule has 1 N–H and O–H groups in total. The fraction of sp³-hybridized carbons (Fsp3) is 0.462. The predicted octanol–water partition coefficient (Wildman–Crippen LogP) is 4.92. The van der Waals surface area contributed by atoms with E-state index in [2.05, 4.69) is 19.2 Å². The molecule has 0 saturated carbocycles. The van der Waals surface area contributed by atoms with E-state index < -0.39 is 0 Å². The monoisotopic (exact) mass is 302 g/mol. The van der Waals surface area contributed by atoms with Crippen LogP contribution in [-0.2, 0) is 0 Å². The molecule has 1 aromatic rings. The third-order valence-corrected chi connectivity index (χ3v) is 4.54. The van der Waals surface area contributed by atoms with Gasteiger partial charge in [0.25, 0.3) is 0 Å². The van der Waals surface area contributed by atoms with Gasteiger partial charge in [-0.05, 0) is 30.5 Å². The molecule has 0 bridgehead atoms. The van der Waals surface area contributed by atoms with Crippen molar-refractivity contribution in [2.45, 2.75) is 26.3 Å². The lowest BCUT2D eigenvalue weighted by Gasteiger charge is -2.23. The molecule has 0 saturated heterocycles. The molecule has 2 rings (SSSR count). The van der Waals surface area contributed by atoms with Gasteiger partial charge in [0.05, 0.1) is 16.1 Å². The van der Waals surface area contributed by atoms with Crippen molar-refractivity contribution in [2.24, 2.45) is 10.9 Å². The first-order valence-electron chi connectivity index (χ1n) is 5.99. The number of nitrogens with one attached hydrogen (secondary N) is 1. The minimum Gasteiger partial charge on any atom is -0.335 e. The minimum atomic E-state index is 0.413. The van der Waals surface area contributed by atoms with Crippen molar-refractivity contribution < 1.29 is 0 Å². The third kappa shape index (κ3) is 3.56.